The Bertz CT molecular complexity index is 625. The molecule has 24 heavy (non-hydrogen) atoms. The first kappa shape index (κ1) is 18.9. The van der Waals surface area contributed by atoms with E-state index in [2.05, 4.69) is 15.6 Å². The number of nitrogens with two attached hydrogens (primary N) is 2. The quantitative estimate of drug-likeness (QED) is 0.123. The zero-order valence-corrected chi connectivity index (χ0v) is 13.2. The molecule has 0 bridgehead atoms. The number of nitro benzene ring substituents is 1. The zero-order chi connectivity index (χ0) is 18.1. The van der Waals surface area contributed by atoms with Gasteiger partial charge < -0.3 is 10.6 Å². The molecule has 7 N–H and O–H groups in total. The molecule has 0 aliphatic carbocycles. The van der Waals surface area contributed by atoms with Crippen molar-refractivity contribution in [3.8, 4) is 0 Å². The van der Waals surface area contributed by atoms with Gasteiger partial charge in [0.05, 0.1) is 11.5 Å². The molecule has 130 valence electrons. The van der Waals surface area contributed by atoms with Gasteiger partial charge in [-0.25, -0.2) is 0 Å². The van der Waals surface area contributed by atoms with Gasteiger partial charge in [0.1, 0.15) is 6.04 Å². The van der Waals surface area contributed by atoms with Crippen molar-refractivity contribution in [2.45, 2.75) is 25.8 Å². The summed E-state index contributed by atoms with van der Waals surface area (Å²) < 4.78 is 0. The normalized spacial score (nSPS) is 11.2. The Morgan fingerprint density at radius 3 is 2.42 bits per heavy atom. The van der Waals surface area contributed by atoms with Crippen LogP contribution < -0.4 is 27.1 Å². The molecule has 0 fully saturated rings. The fourth-order valence-electron chi connectivity index (χ4n) is 1.95. The molecule has 0 saturated carbocycles. The summed E-state index contributed by atoms with van der Waals surface area (Å²) in [5.74, 6) is -0.665. The molecule has 0 radical (unpaired) electrons. The van der Waals surface area contributed by atoms with E-state index in [1.807, 2.05) is 0 Å². The average molecular weight is 337 g/mol. The molecule has 0 saturated heterocycles. The average Bonchev–Trinajstić information content (AvgIpc) is 2.50. The predicted octanol–water partition coefficient (Wildman–Crippen LogP) is -1.83. The van der Waals surface area contributed by atoms with Crippen LogP contribution in [0.2, 0.25) is 0 Å². The third kappa shape index (κ3) is 6.73. The fourth-order valence-corrected chi connectivity index (χ4v) is 1.95. The van der Waals surface area contributed by atoms with Crippen molar-refractivity contribution in [2.24, 2.45) is 11.5 Å². The smallest absolute Gasteiger partial charge is 0.338 e. The van der Waals surface area contributed by atoms with E-state index >= 15 is 0 Å². The Hall–Kier alpha value is -3.17. The van der Waals surface area contributed by atoms with E-state index in [4.69, 9.17) is 11.5 Å². The van der Waals surface area contributed by atoms with Crippen molar-refractivity contribution in [3.05, 3.63) is 34.4 Å². The molecule has 0 spiro atoms. The van der Waals surface area contributed by atoms with E-state index in [9.17, 15) is 19.7 Å². The molecule has 0 aromatic heterocycles. The summed E-state index contributed by atoms with van der Waals surface area (Å²) >= 11 is 0. The minimum Gasteiger partial charge on any atom is -0.345 e. The number of guanidine groups is 1. The van der Waals surface area contributed by atoms with E-state index in [-0.39, 0.29) is 17.6 Å². The zero-order valence-electron chi connectivity index (χ0n) is 13.2. The molecule has 1 atom stereocenters. The highest BCUT2D eigenvalue weighted by Crippen LogP contribution is 2.15. The first-order valence-corrected chi connectivity index (χ1v) is 7.23. The molecule has 1 aromatic rings. The number of nitro groups is 1. The standard InChI is InChI=1S/C14H20N6O4/c1-9(21)18-12(3-2-8-17-14(15)16)13(22)19-10-4-6-11(7-5-10)20(23)24/h4-7,12H,2-3,8H2,1H3,(H,18,21)(H,19,22)(H4,15,16,17)/p+1/t12-/m0/s1. The molecular weight excluding hydrogens is 316 g/mol. The van der Waals surface area contributed by atoms with Gasteiger partial charge in [-0.05, 0) is 25.0 Å². The SMILES string of the molecule is CC(=O)N[C@@H](CCC[NH+]=C(N)N)C(=O)Nc1ccc([N+](=O)[O-])cc1. The minimum atomic E-state index is -0.738. The van der Waals surface area contributed by atoms with Gasteiger partial charge in [0.2, 0.25) is 11.8 Å². The second-order valence-corrected chi connectivity index (χ2v) is 5.07. The second-order valence-electron chi connectivity index (χ2n) is 5.07. The van der Waals surface area contributed by atoms with Crippen molar-refractivity contribution < 1.29 is 19.5 Å². The van der Waals surface area contributed by atoms with Crippen LogP contribution in [0.1, 0.15) is 19.8 Å². The minimum absolute atomic E-state index is 0.0758. The number of nitrogens with one attached hydrogen (secondary N) is 3. The molecule has 10 heteroatoms. The van der Waals surface area contributed by atoms with E-state index in [1.165, 1.54) is 31.2 Å². The molecule has 0 aliphatic heterocycles. The first-order valence-electron chi connectivity index (χ1n) is 7.23. The van der Waals surface area contributed by atoms with Crippen molar-refractivity contribution in [1.82, 2.24) is 5.32 Å². The van der Waals surface area contributed by atoms with Gasteiger partial charge in [0.15, 0.2) is 0 Å². The Kier molecular flexibility index (Phi) is 7.14. The molecule has 10 nitrogen and oxygen atoms in total. The Labute approximate surface area is 138 Å². The maximum atomic E-state index is 12.3. The lowest BCUT2D eigenvalue weighted by atomic mass is 10.1. The Balaban J connectivity index is 2.67. The monoisotopic (exact) mass is 337 g/mol. The van der Waals surface area contributed by atoms with Crippen LogP contribution in [-0.4, -0.2) is 35.3 Å². The molecule has 1 rings (SSSR count). The topological polar surface area (TPSA) is 167 Å². The molecule has 0 unspecified atom stereocenters. The maximum Gasteiger partial charge on any atom is 0.338 e. The largest absolute Gasteiger partial charge is 0.345 e. The molecule has 0 heterocycles. The Morgan fingerprint density at radius 1 is 1.29 bits per heavy atom. The number of nitrogens with zero attached hydrogens (tertiary/aromatic N) is 1. The van der Waals surface area contributed by atoms with Gasteiger partial charge in [0.25, 0.3) is 5.69 Å². The van der Waals surface area contributed by atoms with Gasteiger partial charge >= 0.3 is 5.96 Å². The summed E-state index contributed by atoms with van der Waals surface area (Å²) in [4.78, 5) is 36.3. The molecule has 2 amide bonds. The number of carbonyl (C=O) groups is 2. The number of non-ortho nitro benzene ring substituents is 1. The highest BCUT2D eigenvalue weighted by molar-refractivity contribution is 5.96. The fraction of sp³-hybridized carbons (Fsp3) is 0.357. The van der Waals surface area contributed by atoms with Crippen LogP contribution in [0, 0.1) is 10.1 Å². The number of carbonyl (C=O) groups excluding carboxylic acids is 2. The lowest BCUT2D eigenvalue weighted by Crippen LogP contribution is -2.78. The van der Waals surface area contributed by atoms with Gasteiger partial charge in [-0.3, -0.25) is 36.2 Å². The number of benzene rings is 1. The van der Waals surface area contributed by atoms with E-state index in [1.54, 1.807) is 0 Å². The number of amides is 2. The number of anilines is 1. The van der Waals surface area contributed by atoms with Gasteiger partial charge in [-0.15, -0.1) is 0 Å². The van der Waals surface area contributed by atoms with Gasteiger partial charge in [-0.1, -0.05) is 0 Å². The summed E-state index contributed by atoms with van der Waals surface area (Å²) in [6.07, 6.45) is 0.926. The summed E-state index contributed by atoms with van der Waals surface area (Å²) in [5, 5.41) is 15.8. The summed E-state index contributed by atoms with van der Waals surface area (Å²) in [6, 6.07) is 4.68. The molecule has 1 aromatic carbocycles. The van der Waals surface area contributed by atoms with Crippen LogP contribution in [0.5, 0.6) is 0 Å². The lowest BCUT2D eigenvalue weighted by Gasteiger charge is -2.17. The van der Waals surface area contributed by atoms with Crippen LogP contribution in [0.25, 0.3) is 0 Å². The van der Waals surface area contributed by atoms with E-state index in [0.29, 0.717) is 25.1 Å². The number of hydrogen-bond acceptors (Lipinski definition) is 4. The van der Waals surface area contributed by atoms with Gasteiger partial charge in [0, 0.05) is 24.7 Å². The highest BCUT2D eigenvalue weighted by atomic mass is 16.6. The van der Waals surface area contributed by atoms with Crippen molar-refractivity contribution in [3.63, 3.8) is 0 Å². The van der Waals surface area contributed by atoms with Gasteiger partial charge in [-0.2, -0.15) is 0 Å². The lowest BCUT2D eigenvalue weighted by molar-refractivity contribution is -0.459. The summed E-state index contributed by atoms with van der Waals surface area (Å²) in [6.45, 7) is 1.78. The number of rotatable bonds is 8. The van der Waals surface area contributed by atoms with Crippen molar-refractivity contribution >= 4 is 29.1 Å². The third-order valence-corrected chi connectivity index (χ3v) is 3.04. The van der Waals surface area contributed by atoms with Crippen molar-refractivity contribution in [2.75, 3.05) is 11.9 Å². The van der Waals surface area contributed by atoms with E-state index in [0.717, 1.165) is 0 Å². The van der Waals surface area contributed by atoms with Crippen LogP contribution in [0.4, 0.5) is 11.4 Å². The van der Waals surface area contributed by atoms with Crippen molar-refractivity contribution in [1.29, 1.82) is 0 Å². The van der Waals surface area contributed by atoms with Crippen LogP contribution in [0.15, 0.2) is 24.3 Å². The molecular formula is C14H21N6O4+. The van der Waals surface area contributed by atoms with Crippen LogP contribution in [0.3, 0.4) is 0 Å². The van der Waals surface area contributed by atoms with E-state index < -0.39 is 16.9 Å². The number of hydrogen-bond donors (Lipinski definition) is 5. The summed E-state index contributed by atoms with van der Waals surface area (Å²) in [5.41, 5.74) is 10.9. The highest BCUT2D eigenvalue weighted by Gasteiger charge is 2.19. The van der Waals surface area contributed by atoms with Crippen LogP contribution in [-0.2, 0) is 9.59 Å². The third-order valence-electron chi connectivity index (χ3n) is 3.04. The first-order chi connectivity index (χ1) is 11.3. The maximum absolute atomic E-state index is 12.3. The van der Waals surface area contributed by atoms with Crippen LogP contribution >= 0.6 is 0 Å². The summed E-state index contributed by atoms with van der Waals surface area (Å²) in [7, 11) is 0. The predicted molar refractivity (Wildman–Crippen MR) is 87.8 cm³/mol. The molecule has 0 aliphatic rings. The Morgan fingerprint density at radius 2 is 1.92 bits per heavy atom. The second kappa shape index (κ2) is 9.08.